The van der Waals surface area contributed by atoms with Crippen LogP contribution in [-0.2, 0) is 0 Å². The molecule has 0 heterocycles. The molecule has 0 radical (unpaired) electrons. The van der Waals surface area contributed by atoms with E-state index in [1.807, 2.05) is 0 Å². The van der Waals surface area contributed by atoms with E-state index in [9.17, 15) is 0 Å². The van der Waals surface area contributed by atoms with Crippen LogP contribution >= 0.6 is 0 Å². The second kappa shape index (κ2) is 3.59. The molecule has 0 amide bonds. The fourth-order valence-corrected chi connectivity index (χ4v) is 0.0645. The topological polar surface area (TPSA) is 50.4 Å². The van der Waals surface area contributed by atoms with Crippen LogP contribution in [0.5, 0.6) is 0 Å². The largest absolute Gasteiger partial charge is 0.284 e. The van der Waals surface area contributed by atoms with Crippen molar-refractivity contribution in [3.05, 3.63) is 0 Å². The molecule has 0 saturated heterocycles. The lowest BCUT2D eigenvalue weighted by Gasteiger charge is -1.80. The van der Waals surface area contributed by atoms with E-state index >= 15 is 0 Å². The lowest BCUT2D eigenvalue weighted by Crippen LogP contribution is -2.20. The Labute approximate surface area is 30.9 Å². The molecule has 3 nitrogen and oxygen atoms in total. The van der Waals surface area contributed by atoms with Crippen molar-refractivity contribution in [1.82, 2.24) is 5.43 Å². The van der Waals surface area contributed by atoms with Gasteiger partial charge in [0, 0.05) is 0 Å². The van der Waals surface area contributed by atoms with E-state index in [0.717, 1.165) is 0 Å². The fourth-order valence-electron chi connectivity index (χ4n) is 0.0645. The predicted octanol–water partition coefficient (Wildman–Crippen LogP) is -0.892. The smallest absolute Gasteiger partial charge is 0.0999 e. The van der Waals surface area contributed by atoms with Crippen molar-refractivity contribution in [2.24, 2.45) is 10.8 Å². The van der Waals surface area contributed by atoms with Gasteiger partial charge in [0.05, 0.1) is 6.67 Å². The zero-order valence-corrected chi connectivity index (χ0v) is 2.94. The number of hydrazine groups is 1. The summed E-state index contributed by atoms with van der Waals surface area (Å²) in [4.78, 5) is 3.37. The fraction of sp³-hybridized carbons (Fsp3) is 0.500. The van der Waals surface area contributed by atoms with Gasteiger partial charge in [0.15, 0.2) is 0 Å². The van der Waals surface area contributed by atoms with Gasteiger partial charge in [-0.05, 0) is 6.72 Å². The van der Waals surface area contributed by atoms with Crippen LogP contribution in [0.4, 0.5) is 0 Å². The van der Waals surface area contributed by atoms with Gasteiger partial charge in [-0.25, -0.2) is 5.43 Å². The van der Waals surface area contributed by atoms with Gasteiger partial charge in [-0.3, -0.25) is 10.8 Å². The first-order valence-electron chi connectivity index (χ1n) is 1.27. The lowest BCUT2D eigenvalue weighted by atomic mass is 11.2. The van der Waals surface area contributed by atoms with Crippen molar-refractivity contribution in [1.29, 1.82) is 0 Å². The van der Waals surface area contributed by atoms with Gasteiger partial charge in [-0.15, -0.1) is 0 Å². The van der Waals surface area contributed by atoms with Gasteiger partial charge in [-0.2, -0.15) is 0 Å². The summed E-state index contributed by atoms with van der Waals surface area (Å²) in [5, 5.41) is 0. The Morgan fingerprint density at radius 2 is 2.60 bits per heavy atom. The summed E-state index contributed by atoms with van der Waals surface area (Å²) in [6.45, 7) is 3.59. The van der Waals surface area contributed by atoms with E-state index < -0.39 is 0 Å². The molecular weight excluding hydrogens is 66.0 g/mol. The number of aliphatic imine (C=N–C) groups is 1. The summed E-state index contributed by atoms with van der Waals surface area (Å²) in [6.07, 6.45) is 0. The van der Waals surface area contributed by atoms with E-state index in [-0.39, 0.29) is 0 Å². The summed E-state index contributed by atoms with van der Waals surface area (Å²) in [6, 6.07) is 0. The maximum Gasteiger partial charge on any atom is 0.0999 e. The Balaban J connectivity index is 2.40. The lowest BCUT2D eigenvalue weighted by molar-refractivity contribution is 0.763. The quantitative estimate of drug-likeness (QED) is 0.253. The minimum atomic E-state index is 0.431. The Bertz CT molecular complexity index is 26.1. The minimum Gasteiger partial charge on any atom is -0.284 e. The average molecular weight is 73.1 g/mol. The number of rotatable bonds is 2. The molecule has 0 rings (SSSR count). The van der Waals surface area contributed by atoms with E-state index in [2.05, 4.69) is 17.1 Å². The average Bonchev–Trinajstić information content (AvgIpc) is 1.41. The normalized spacial score (nSPS) is 7.40. The standard InChI is InChI=1S/C2H7N3/c1-4-2-5-3/h5H,1-3H2. The van der Waals surface area contributed by atoms with Crippen LogP contribution < -0.4 is 11.3 Å². The molecule has 0 atom stereocenters. The molecule has 0 saturated carbocycles. The van der Waals surface area contributed by atoms with Gasteiger partial charge in [0.2, 0.25) is 0 Å². The van der Waals surface area contributed by atoms with E-state index in [1.165, 1.54) is 0 Å². The monoisotopic (exact) mass is 73.1 g/mol. The maximum absolute atomic E-state index is 4.76. The highest BCUT2D eigenvalue weighted by atomic mass is 15.2. The third-order valence-corrected chi connectivity index (χ3v) is 0.203. The Kier molecular flexibility index (Phi) is 3.30. The van der Waals surface area contributed by atoms with Gasteiger partial charge >= 0.3 is 0 Å². The van der Waals surface area contributed by atoms with Gasteiger partial charge in [0.25, 0.3) is 0 Å². The second-order valence-corrected chi connectivity index (χ2v) is 0.586. The molecule has 0 bridgehead atoms. The molecule has 0 aromatic heterocycles. The van der Waals surface area contributed by atoms with Crippen molar-refractivity contribution in [3.8, 4) is 0 Å². The third kappa shape index (κ3) is 3.59. The molecule has 0 aliphatic carbocycles. The number of hydrogen-bond donors (Lipinski definition) is 2. The highest BCUT2D eigenvalue weighted by Crippen LogP contribution is 1.43. The maximum atomic E-state index is 4.76. The molecule has 3 heteroatoms. The van der Waals surface area contributed by atoms with Crippen LogP contribution in [0.15, 0.2) is 4.99 Å². The summed E-state index contributed by atoms with van der Waals surface area (Å²) < 4.78 is 0. The zero-order chi connectivity index (χ0) is 4.12. The van der Waals surface area contributed by atoms with Gasteiger partial charge < -0.3 is 0 Å². The first-order valence-corrected chi connectivity index (χ1v) is 1.27. The molecule has 3 N–H and O–H groups in total. The Morgan fingerprint density at radius 3 is 2.60 bits per heavy atom. The molecule has 0 aliphatic heterocycles. The Hall–Kier alpha value is -0.410. The van der Waals surface area contributed by atoms with Crippen LogP contribution in [0.3, 0.4) is 0 Å². The highest BCUT2D eigenvalue weighted by Gasteiger charge is 1.56. The van der Waals surface area contributed by atoms with E-state index in [0.29, 0.717) is 6.67 Å². The number of nitrogens with zero attached hydrogens (tertiary/aromatic N) is 1. The van der Waals surface area contributed by atoms with Crippen LogP contribution in [0.1, 0.15) is 0 Å². The molecule has 0 unspecified atom stereocenters. The number of nitrogens with one attached hydrogen (secondary N) is 1. The van der Waals surface area contributed by atoms with Crippen molar-refractivity contribution in [2.75, 3.05) is 6.67 Å². The predicted molar refractivity (Wildman–Crippen MR) is 21.7 cm³/mol. The van der Waals surface area contributed by atoms with Gasteiger partial charge in [0.1, 0.15) is 0 Å². The van der Waals surface area contributed by atoms with Crippen molar-refractivity contribution in [3.63, 3.8) is 0 Å². The minimum absolute atomic E-state index is 0.431. The van der Waals surface area contributed by atoms with Crippen LogP contribution in [0.25, 0.3) is 0 Å². The summed E-state index contributed by atoms with van der Waals surface area (Å²) >= 11 is 0. The second-order valence-electron chi connectivity index (χ2n) is 0.586. The number of hydrogen-bond acceptors (Lipinski definition) is 3. The van der Waals surface area contributed by atoms with Gasteiger partial charge in [-0.1, -0.05) is 0 Å². The van der Waals surface area contributed by atoms with E-state index in [1.54, 1.807) is 0 Å². The molecule has 0 aromatic rings. The summed E-state index contributed by atoms with van der Waals surface area (Å²) in [5.74, 6) is 4.76. The molecule has 0 aromatic carbocycles. The molecular formula is C2H7N3. The first-order chi connectivity index (χ1) is 2.41. The zero-order valence-electron chi connectivity index (χ0n) is 2.94. The molecule has 30 valence electrons. The molecule has 0 fully saturated rings. The van der Waals surface area contributed by atoms with Crippen molar-refractivity contribution in [2.45, 2.75) is 0 Å². The van der Waals surface area contributed by atoms with Crippen molar-refractivity contribution >= 4 is 6.72 Å². The summed E-state index contributed by atoms with van der Waals surface area (Å²) in [5.41, 5.74) is 2.29. The SMILES string of the molecule is C=NCNN. The first kappa shape index (κ1) is 4.59. The highest BCUT2D eigenvalue weighted by molar-refractivity contribution is 5.22. The molecule has 0 aliphatic rings. The van der Waals surface area contributed by atoms with Crippen molar-refractivity contribution < 1.29 is 0 Å². The molecule has 5 heavy (non-hydrogen) atoms. The van der Waals surface area contributed by atoms with Crippen LogP contribution in [0, 0.1) is 0 Å². The molecule has 0 spiro atoms. The van der Waals surface area contributed by atoms with Crippen LogP contribution in [-0.4, -0.2) is 13.4 Å². The number of nitrogens with two attached hydrogens (primary N) is 1. The third-order valence-electron chi connectivity index (χ3n) is 0.203. The Morgan fingerprint density at radius 1 is 2.00 bits per heavy atom. The van der Waals surface area contributed by atoms with E-state index in [4.69, 9.17) is 5.84 Å². The summed E-state index contributed by atoms with van der Waals surface area (Å²) in [7, 11) is 0. The van der Waals surface area contributed by atoms with Crippen LogP contribution in [0.2, 0.25) is 0 Å².